The van der Waals surface area contributed by atoms with Crippen molar-refractivity contribution in [1.82, 2.24) is 0 Å². The van der Waals surface area contributed by atoms with Crippen LogP contribution < -0.4 is 4.74 Å². The largest absolute Gasteiger partial charge is 0.497 e. The minimum absolute atomic E-state index is 0.0273. The van der Waals surface area contributed by atoms with Gasteiger partial charge in [0.25, 0.3) is 0 Å². The van der Waals surface area contributed by atoms with E-state index >= 15 is 0 Å². The molecule has 0 bridgehead atoms. The second kappa shape index (κ2) is 9.39. The average molecular weight is 394 g/mol. The predicted octanol–water partition coefficient (Wildman–Crippen LogP) is 4.73. The fourth-order valence-electron chi connectivity index (χ4n) is 2.99. The minimum atomic E-state index is -1.29. The Morgan fingerprint density at radius 3 is 2.25 bits per heavy atom. The predicted molar refractivity (Wildman–Crippen MR) is 97.0 cm³/mol. The van der Waals surface area contributed by atoms with E-state index in [2.05, 4.69) is 0 Å². The summed E-state index contributed by atoms with van der Waals surface area (Å²) in [5, 5.41) is 0. The molecule has 0 saturated heterocycles. The van der Waals surface area contributed by atoms with Crippen LogP contribution in [0.5, 0.6) is 5.75 Å². The van der Waals surface area contributed by atoms with Gasteiger partial charge in [0.1, 0.15) is 23.2 Å². The Labute approximate surface area is 161 Å². The summed E-state index contributed by atoms with van der Waals surface area (Å²) in [6.45, 7) is 3.60. The van der Waals surface area contributed by atoms with Crippen LogP contribution in [0.1, 0.15) is 47.2 Å². The van der Waals surface area contributed by atoms with Crippen LogP contribution in [-0.4, -0.2) is 25.5 Å². The summed E-state index contributed by atoms with van der Waals surface area (Å²) in [7, 11) is 1.45. The number of carbonyl (C=O) groups is 2. The standard InChI is InChI=1S/C21H21F3O4/c1-4-28-19(25)6-5-16(13-7-12(2)8-15(9-13)27-3)21(26)20-17(23)10-14(22)11-18(20)24/h7-11,16H,4-6H2,1-3H3. The number of benzene rings is 2. The first-order valence-electron chi connectivity index (χ1n) is 8.76. The van der Waals surface area contributed by atoms with Crippen molar-refractivity contribution in [2.45, 2.75) is 32.6 Å². The molecule has 0 aliphatic carbocycles. The van der Waals surface area contributed by atoms with Crippen LogP contribution in [0, 0.1) is 24.4 Å². The zero-order chi connectivity index (χ0) is 20.8. The molecule has 1 atom stereocenters. The van der Waals surface area contributed by atoms with Gasteiger partial charge in [0.05, 0.1) is 19.3 Å². The minimum Gasteiger partial charge on any atom is -0.497 e. The summed E-state index contributed by atoms with van der Waals surface area (Å²) in [5.74, 6) is -5.68. The molecule has 0 fully saturated rings. The highest BCUT2D eigenvalue weighted by Crippen LogP contribution is 2.31. The Balaban J connectivity index is 2.47. The zero-order valence-corrected chi connectivity index (χ0v) is 15.9. The van der Waals surface area contributed by atoms with E-state index in [1.165, 1.54) is 7.11 Å². The third-order valence-corrected chi connectivity index (χ3v) is 4.22. The van der Waals surface area contributed by atoms with Crippen LogP contribution in [0.15, 0.2) is 30.3 Å². The third kappa shape index (κ3) is 5.12. The summed E-state index contributed by atoms with van der Waals surface area (Å²) in [4.78, 5) is 24.7. The van der Waals surface area contributed by atoms with Crippen molar-refractivity contribution in [2.75, 3.05) is 13.7 Å². The number of Topliss-reactive ketones (excluding diaryl/α,β-unsaturated/α-hetero) is 1. The molecular formula is C21H21F3O4. The Morgan fingerprint density at radius 1 is 1.04 bits per heavy atom. The maximum Gasteiger partial charge on any atom is 0.305 e. The van der Waals surface area contributed by atoms with Crippen LogP contribution in [0.25, 0.3) is 0 Å². The molecular weight excluding hydrogens is 373 g/mol. The number of rotatable bonds is 8. The molecule has 0 aliphatic heterocycles. The average Bonchev–Trinajstić information content (AvgIpc) is 2.60. The van der Waals surface area contributed by atoms with Gasteiger partial charge in [-0.1, -0.05) is 6.07 Å². The first-order valence-corrected chi connectivity index (χ1v) is 8.76. The molecule has 1 unspecified atom stereocenters. The molecule has 0 aliphatic rings. The van der Waals surface area contributed by atoms with Crippen LogP contribution in [-0.2, 0) is 9.53 Å². The van der Waals surface area contributed by atoms with E-state index in [1.54, 1.807) is 32.0 Å². The van der Waals surface area contributed by atoms with Crippen molar-refractivity contribution in [2.24, 2.45) is 0 Å². The smallest absolute Gasteiger partial charge is 0.305 e. The molecule has 4 nitrogen and oxygen atoms in total. The van der Waals surface area contributed by atoms with Gasteiger partial charge in [0, 0.05) is 24.5 Å². The number of methoxy groups -OCH3 is 1. The van der Waals surface area contributed by atoms with Crippen molar-refractivity contribution in [1.29, 1.82) is 0 Å². The fourth-order valence-corrected chi connectivity index (χ4v) is 2.99. The number of hydrogen-bond acceptors (Lipinski definition) is 4. The second-order valence-electron chi connectivity index (χ2n) is 6.29. The molecule has 7 heteroatoms. The molecule has 0 heterocycles. The Kier molecular flexibility index (Phi) is 7.20. The zero-order valence-electron chi connectivity index (χ0n) is 15.9. The summed E-state index contributed by atoms with van der Waals surface area (Å²) >= 11 is 0. The lowest BCUT2D eigenvalue weighted by Gasteiger charge is -2.18. The van der Waals surface area contributed by atoms with Gasteiger partial charge in [0.2, 0.25) is 0 Å². The maximum atomic E-state index is 14.2. The lowest BCUT2D eigenvalue weighted by Crippen LogP contribution is -2.19. The second-order valence-corrected chi connectivity index (χ2v) is 6.29. The van der Waals surface area contributed by atoms with Crippen LogP contribution >= 0.6 is 0 Å². The van der Waals surface area contributed by atoms with E-state index in [0.717, 1.165) is 5.56 Å². The van der Waals surface area contributed by atoms with Gasteiger partial charge in [-0.25, -0.2) is 13.2 Å². The number of halogens is 3. The third-order valence-electron chi connectivity index (χ3n) is 4.22. The van der Waals surface area contributed by atoms with E-state index in [1.807, 2.05) is 0 Å². The highest BCUT2D eigenvalue weighted by molar-refractivity contribution is 6.01. The van der Waals surface area contributed by atoms with Crippen LogP contribution in [0.2, 0.25) is 0 Å². The summed E-state index contributed by atoms with van der Waals surface area (Å²) in [6.07, 6.45) is -0.147. The maximum absolute atomic E-state index is 14.2. The quantitative estimate of drug-likeness (QED) is 0.480. The molecule has 0 aromatic heterocycles. The Morgan fingerprint density at radius 2 is 1.68 bits per heavy atom. The van der Waals surface area contributed by atoms with Gasteiger partial charge in [0.15, 0.2) is 5.78 Å². The SMILES string of the molecule is CCOC(=O)CCC(C(=O)c1c(F)cc(F)cc1F)c1cc(C)cc(OC)c1. The van der Waals surface area contributed by atoms with E-state index in [9.17, 15) is 22.8 Å². The van der Waals surface area contributed by atoms with Crippen molar-refractivity contribution in [3.8, 4) is 5.75 Å². The molecule has 0 amide bonds. The summed E-state index contributed by atoms with van der Waals surface area (Å²) in [6, 6.07) is 5.89. The van der Waals surface area contributed by atoms with Gasteiger partial charge in [-0.15, -0.1) is 0 Å². The highest BCUT2D eigenvalue weighted by Gasteiger charge is 2.29. The lowest BCUT2D eigenvalue weighted by molar-refractivity contribution is -0.143. The van der Waals surface area contributed by atoms with Gasteiger partial charge in [-0.2, -0.15) is 0 Å². The number of esters is 1. The number of carbonyl (C=O) groups excluding carboxylic acids is 2. The number of hydrogen-bond donors (Lipinski definition) is 0. The van der Waals surface area contributed by atoms with Gasteiger partial charge >= 0.3 is 5.97 Å². The molecule has 0 saturated carbocycles. The van der Waals surface area contributed by atoms with Crippen molar-refractivity contribution in [3.05, 3.63) is 64.5 Å². The first kappa shape index (κ1) is 21.5. The number of ether oxygens (including phenoxy) is 2. The highest BCUT2D eigenvalue weighted by atomic mass is 19.1. The van der Waals surface area contributed by atoms with E-state index in [4.69, 9.17) is 9.47 Å². The molecule has 0 radical (unpaired) electrons. The normalized spacial score (nSPS) is 11.8. The molecule has 0 N–H and O–H groups in total. The molecule has 2 rings (SSSR count). The topological polar surface area (TPSA) is 52.6 Å². The van der Waals surface area contributed by atoms with Crippen molar-refractivity contribution < 1.29 is 32.2 Å². The lowest BCUT2D eigenvalue weighted by atomic mass is 9.85. The molecule has 150 valence electrons. The fraction of sp³-hybridized carbons (Fsp3) is 0.333. The van der Waals surface area contributed by atoms with Gasteiger partial charge in [-0.3, -0.25) is 9.59 Å². The first-order chi connectivity index (χ1) is 13.3. The number of aryl methyl sites for hydroxylation is 1. The van der Waals surface area contributed by atoms with E-state index < -0.39 is 40.7 Å². The van der Waals surface area contributed by atoms with Crippen LogP contribution in [0.4, 0.5) is 13.2 Å². The molecule has 0 spiro atoms. The van der Waals surface area contributed by atoms with Crippen LogP contribution in [0.3, 0.4) is 0 Å². The van der Waals surface area contributed by atoms with Gasteiger partial charge in [-0.05, 0) is 43.5 Å². The van der Waals surface area contributed by atoms with Gasteiger partial charge < -0.3 is 9.47 Å². The number of ketones is 1. The molecule has 2 aromatic carbocycles. The molecule has 28 heavy (non-hydrogen) atoms. The van der Waals surface area contributed by atoms with E-state index in [-0.39, 0.29) is 19.4 Å². The van der Waals surface area contributed by atoms with Crippen molar-refractivity contribution in [3.63, 3.8) is 0 Å². The molecule has 2 aromatic rings. The van der Waals surface area contributed by atoms with Crippen molar-refractivity contribution >= 4 is 11.8 Å². The Hall–Kier alpha value is -2.83. The summed E-state index contributed by atoms with van der Waals surface area (Å²) in [5.41, 5.74) is 0.369. The Bertz CT molecular complexity index is 857. The van der Waals surface area contributed by atoms with E-state index in [0.29, 0.717) is 23.4 Å². The monoisotopic (exact) mass is 394 g/mol. The summed E-state index contributed by atoms with van der Waals surface area (Å²) < 4.78 is 51.6.